The van der Waals surface area contributed by atoms with Crippen LogP contribution in [0.25, 0.3) is 0 Å². The van der Waals surface area contributed by atoms with E-state index in [0.29, 0.717) is 16.3 Å². The van der Waals surface area contributed by atoms with E-state index in [2.05, 4.69) is 35.2 Å². The molecule has 1 fully saturated rings. The van der Waals surface area contributed by atoms with E-state index in [1.54, 1.807) is 18.2 Å². The van der Waals surface area contributed by atoms with Crippen LogP contribution in [0.3, 0.4) is 0 Å². The Hall–Kier alpha value is -2.06. The molecule has 2 aromatic rings. The van der Waals surface area contributed by atoms with Crippen LogP contribution in [-0.4, -0.2) is 30.1 Å². The van der Waals surface area contributed by atoms with Crippen LogP contribution in [-0.2, 0) is 6.42 Å². The first-order valence-corrected chi connectivity index (χ1v) is 9.47. The predicted molar refractivity (Wildman–Crippen MR) is 102 cm³/mol. The zero-order valence-electron chi connectivity index (χ0n) is 14.6. The van der Waals surface area contributed by atoms with Crippen molar-refractivity contribution in [3.8, 4) is 11.8 Å². The van der Waals surface area contributed by atoms with Crippen molar-refractivity contribution in [3.05, 3.63) is 64.2 Å². The number of rotatable bonds is 3. The molecule has 5 heteroatoms. The summed E-state index contributed by atoms with van der Waals surface area (Å²) in [5.74, 6) is 0.624. The highest BCUT2D eigenvalue weighted by Gasteiger charge is 2.39. The van der Waals surface area contributed by atoms with Gasteiger partial charge in [-0.15, -0.1) is 0 Å². The molecule has 1 heterocycles. The predicted octanol–water partition coefficient (Wildman–Crippen LogP) is 3.68. The minimum absolute atomic E-state index is 0.0815. The van der Waals surface area contributed by atoms with E-state index in [-0.39, 0.29) is 18.2 Å². The fraction of sp³-hybridized carbons (Fsp3) is 0.381. The standard InChI is InChI=1S/C21H22ClN3O/c22-18-10-14(12-23)7-8-20(18)26-21-17-6-2-1-4-15(17)11-19(21)25-9-3-5-16(24)13-25/h1-2,4,6-8,10,16,19,21H,3,5,9,11,13,24H2/t16-,19-,21-/m0/s1. The van der Waals surface area contributed by atoms with Crippen molar-refractivity contribution in [3.63, 3.8) is 0 Å². The molecule has 1 aliphatic heterocycles. The summed E-state index contributed by atoms with van der Waals surface area (Å²) in [6, 6.07) is 16.2. The normalized spacial score (nSPS) is 25.5. The first-order chi connectivity index (χ1) is 12.7. The zero-order valence-corrected chi connectivity index (χ0v) is 15.3. The molecule has 0 amide bonds. The molecule has 134 valence electrons. The van der Waals surface area contributed by atoms with Crippen LogP contribution in [0.1, 0.15) is 35.6 Å². The fourth-order valence-corrected chi connectivity index (χ4v) is 4.37. The van der Waals surface area contributed by atoms with Gasteiger partial charge in [0.2, 0.25) is 0 Å². The Morgan fingerprint density at radius 3 is 2.85 bits per heavy atom. The Kier molecular flexibility index (Phi) is 4.86. The molecule has 2 N–H and O–H groups in total. The van der Waals surface area contributed by atoms with Crippen molar-refractivity contribution in [1.29, 1.82) is 5.26 Å². The number of ether oxygens (including phenoxy) is 1. The molecule has 0 spiro atoms. The third kappa shape index (κ3) is 3.31. The van der Waals surface area contributed by atoms with E-state index in [0.717, 1.165) is 32.4 Å². The minimum Gasteiger partial charge on any atom is -0.482 e. The Bertz CT molecular complexity index is 847. The van der Waals surface area contributed by atoms with Crippen molar-refractivity contribution >= 4 is 11.6 Å². The first kappa shape index (κ1) is 17.4. The van der Waals surface area contributed by atoms with E-state index in [1.807, 2.05) is 0 Å². The molecule has 4 rings (SSSR count). The maximum atomic E-state index is 9.04. The molecule has 0 unspecified atom stereocenters. The molecule has 3 atom stereocenters. The van der Waals surface area contributed by atoms with Gasteiger partial charge in [-0.3, -0.25) is 4.90 Å². The number of nitriles is 1. The lowest BCUT2D eigenvalue weighted by molar-refractivity contribution is 0.0594. The average Bonchev–Trinajstić information content (AvgIpc) is 3.02. The summed E-state index contributed by atoms with van der Waals surface area (Å²) in [4.78, 5) is 2.47. The summed E-state index contributed by atoms with van der Waals surface area (Å²) >= 11 is 6.36. The third-order valence-electron chi connectivity index (χ3n) is 5.41. The molecule has 1 aliphatic carbocycles. The molecule has 1 saturated heterocycles. The van der Waals surface area contributed by atoms with E-state index in [4.69, 9.17) is 27.3 Å². The van der Waals surface area contributed by atoms with Crippen molar-refractivity contribution in [2.24, 2.45) is 5.73 Å². The lowest BCUT2D eigenvalue weighted by Gasteiger charge is -2.38. The van der Waals surface area contributed by atoms with Crippen LogP contribution < -0.4 is 10.5 Å². The molecule has 4 nitrogen and oxygen atoms in total. The van der Waals surface area contributed by atoms with E-state index < -0.39 is 0 Å². The van der Waals surface area contributed by atoms with Gasteiger partial charge in [0.25, 0.3) is 0 Å². The van der Waals surface area contributed by atoms with Crippen molar-refractivity contribution in [1.82, 2.24) is 4.90 Å². The Morgan fingerprint density at radius 2 is 2.08 bits per heavy atom. The number of nitrogens with two attached hydrogens (primary N) is 1. The number of nitrogens with zero attached hydrogens (tertiary/aromatic N) is 2. The largest absolute Gasteiger partial charge is 0.482 e. The topological polar surface area (TPSA) is 62.3 Å². The zero-order chi connectivity index (χ0) is 18.1. The number of benzene rings is 2. The number of halogens is 1. The number of likely N-dealkylation sites (tertiary alicyclic amines) is 1. The highest BCUT2D eigenvalue weighted by Crippen LogP contribution is 2.40. The van der Waals surface area contributed by atoms with Gasteiger partial charge >= 0.3 is 0 Å². The summed E-state index contributed by atoms with van der Waals surface area (Å²) in [6.45, 7) is 1.95. The monoisotopic (exact) mass is 367 g/mol. The maximum absolute atomic E-state index is 9.04. The van der Waals surface area contributed by atoms with Gasteiger partial charge in [0.15, 0.2) is 0 Å². The van der Waals surface area contributed by atoms with E-state index in [9.17, 15) is 0 Å². The molecule has 0 aromatic heterocycles. The second-order valence-electron chi connectivity index (χ2n) is 7.16. The highest BCUT2D eigenvalue weighted by atomic mass is 35.5. The number of hydrogen-bond donors (Lipinski definition) is 1. The second-order valence-corrected chi connectivity index (χ2v) is 7.57. The smallest absolute Gasteiger partial charge is 0.140 e. The van der Waals surface area contributed by atoms with Gasteiger partial charge in [-0.2, -0.15) is 5.26 Å². The summed E-state index contributed by atoms with van der Waals surface area (Å²) < 4.78 is 6.41. The van der Waals surface area contributed by atoms with Crippen molar-refractivity contribution in [2.45, 2.75) is 37.5 Å². The van der Waals surface area contributed by atoms with Gasteiger partial charge in [-0.05, 0) is 55.1 Å². The van der Waals surface area contributed by atoms with Gasteiger partial charge < -0.3 is 10.5 Å². The molecule has 2 aliphatic rings. The minimum atomic E-state index is -0.0815. The van der Waals surface area contributed by atoms with E-state index >= 15 is 0 Å². The van der Waals surface area contributed by atoms with Gasteiger partial charge in [0.05, 0.1) is 22.7 Å². The first-order valence-electron chi connectivity index (χ1n) is 9.09. The van der Waals surface area contributed by atoms with Crippen LogP contribution >= 0.6 is 11.6 Å². The van der Waals surface area contributed by atoms with Crippen LogP contribution in [0.4, 0.5) is 0 Å². The lowest BCUT2D eigenvalue weighted by atomic mass is 10.0. The fourth-order valence-electron chi connectivity index (χ4n) is 4.14. The summed E-state index contributed by atoms with van der Waals surface area (Å²) in [6.07, 6.45) is 3.09. The maximum Gasteiger partial charge on any atom is 0.140 e. The van der Waals surface area contributed by atoms with Gasteiger partial charge in [-0.25, -0.2) is 0 Å². The van der Waals surface area contributed by atoms with Crippen LogP contribution in [0.5, 0.6) is 5.75 Å². The SMILES string of the molecule is N#Cc1ccc(O[C@H]2c3ccccc3C[C@@H]2N2CCC[C@H](N)C2)c(Cl)c1. The lowest BCUT2D eigenvalue weighted by Crippen LogP contribution is -2.49. The van der Waals surface area contributed by atoms with Gasteiger partial charge in [-0.1, -0.05) is 35.9 Å². The van der Waals surface area contributed by atoms with Crippen LogP contribution in [0.2, 0.25) is 5.02 Å². The van der Waals surface area contributed by atoms with Crippen molar-refractivity contribution < 1.29 is 4.74 Å². The van der Waals surface area contributed by atoms with Gasteiger partial charge in [0.1, 0.15) is 11.9 Å². The summed E-state index contributed by atoms with van der Waals surface area (Å²) in [7, 11) is 0. The molecule has 0 saturated carbocycles. The summed E-state index contributed by atoms with van der Waals surface area (Å²) in [5, 5.41) is 9.51. The van der Waals surface area contributed by atoms with Crippen LogP contribution in [0, 0.1) is 11.3 Å². The Balaban J connectivity index is 1.64. The Labute approximate surface area is 159 Å². The number of hydrogen-bond acceptors (Lipinski definition) is 4. The number of piperidine rings is 1. The Morgan fingerprint density at radius 1 is 1.23 bits per heavy atom. The summed E-state index contributed by atoms with van der Waals surface area (Å²) in [5.41, 5.74) is 9.30. The van der Waals surface area contributed by atoms with E-state index in [1.165, 1.54) is 11.1 Å². The molecule has 26 heavy (non-hydrogen) atoms. The average molecular weight is 368 g/mol. The molecule has 0 bridgehead atoms. The van der Waals surface area contributed by atoms with Gasteiger partial charge in [0, 0.05) is 12.6 Å². The van der Waals surface area contributed by atoms with Crippen molar-refractivity contribution in [2.75, 3.05) is 13.1 Å². The quantitative estimate of drug-likeness (QED) is 0.898. The molecule has 2 aromatic carbocycles. The highest BCUT2D eigenvalue weighted by molar-refractivity contribution is 6.32. The molecule has 0 radical (unpaired) electrons. The molecular weight excluding hydrogens is 346 g/mol. The molecular formula is C21H22ClN3O. The third-order valence-corrected chi connectivity index (χ3v) is 5.71. The van der Waals surface area contributed by atoms with Crippen LogP contribution in [0.15, 0.2) is 42.5 Å². The number of fused-ring (bicyclic) bond motifs is 1. The second kappa shape index (κ2) is 7.28.